The van der Waals surface area contributed by atoms with Crippen molar-refractivity contribution in [2.45, 2.75) is 45.1 Å². The third-order valence-corrected chi connectivity index (χ3v) is 4.06. The third kappa shape index (κ3) is 3.97. The lowest BCUT2D eigenvalue weighted by molar-refractivity contribution is -0.132. The minimum Gasteiger partial charge on any atom is -0.338 e. The second-order valence-electron chi connectivity index (χ2n) is 5.38. The Morgan fingerprint density at radius 2 is 1.89 bits per heavy atom. The first-order chi connectivity index (χ1) is 9.20. The summed E-state index contributed by atoms with van der Waals surface area (Å²) in [6.07, 6.45) is 5.24. The number of benzene rings is 1. The van der Waals surface area contributed by atoms with Crippen molar-refractivity contribution in [2.75, 3.05) is 12.4 Å². The molecule has 0 atom stereocenters. The van der Waals surface area contributed by atoms with Gasteiger partial charge in [-0.1, -0.05) is 42.7 Å². The first-order valence-electron chi connectivity index (χ1n) is 7.11. The fraction of sp³-hybridized carbons (Fsp3) is 0.562. The molecule has 2 rings (SSSR count). The van der Waals surface area contributed by atoms with Gasteiger partial charge in [0.15, 0.2) is 0 Å². The summed E-state index contributed by atoms with van der Waals surface area (Å²) >= 11 is 5.85. The van der Waals surface area contributed by atoms with Crippen LogP contribution in [0.3, 0.4) is 0 Å². The second kappa shape index (κ2) is 6.95. The van der Waals surface area contributed by atoms with Gasteiger partial charge in [0.2, 0.25) is 5.91 Å². The van der Waals surface area contributed by atoms with E-state index in [1.807, 2.05) is 17.0 Å². The maximum Gasteiger partial charge on any atom is 0.227 e. The number of carbonyl (C=O) groups excluding carboxylic acids is 1. The van der Waals surface area contributed by atoms with Gasteiger partial charge in [0.05, 0.1) is 6.42 Å². The van der Waals surface area contributed by atoms with Gasteiger partial charge in [0.1, 0.15) is 0 Å². The summed E-state index contributed by atoms with van der Waals surface area (Å²) in [5.41, 5.74) is 2.32. The molecule has 0 bridgehead atoms. The van der Waals surface area contributed by atoms with Crippen molar-refractivity contribution in [3.8, 4) is 0 Å². The highest BCUT2D eigenvalue weighted by molar-refractivity contribution is 6.18. The zero-order valence-electron chi connectivity index (χ0n) is 11.6. The molecule has 0 aliphatic heterocycles. The summed E-state index contributed by atoms with van der Waals surface area (Å²) in [5.74, 6) is 0.743. The van der Waals surface area contributed by atoms with Gasteiger partial charge in [-0.3, -0.25) is 4.79 Å². The number of hydrogen-bond acceptors (Lipinski definition) is 1. The van der Waals surface area contributed by atoms with Crippen LogP contribution in [0.1, 0.15) is 36.8 Å². The molecule has 1 fully saturated rings. The summed E-state index contributed by atoms with van der Waals surface area (Å²) < 4.78 is 0. The molecule has 0 unspecified atom stereocenters. The van der Waals surface area contributed by atoms with Crippen LogP contribution in [0, 0.1) is 6.92 Å². The van der Waals surface area contributed by atoms with Gasteiger partial charge in [0.25, 0.3) is 0 Å². The maximum absolute atomic E-state index is 12.4. The number of hydrogen-bond donors (Lipinski definition) is 0. The summed E-state index contributed by atoms with van der Waals surface area (Å²) in [6.45, 7) is 2.74. The van der Waals surface area contributed by atoms with Gasteiger partial charge in [0, 0.05) is 18.5 Å². The molecule has 104 valence electrons. The second-order valence-corrected chi connectivity index (χ2v) is 5.75. The van der Waals surface area contributed by atoms with Crippen LogP contribution in [0.4, 0.5) is 0 Å². The number of halogens is 1. The smallest absolute Gasteiger partial charge is 0.227 e. The lowest BCUT2D eigenvalue weighted by Crippen LogP contribution is -2.41. The molecule has 1 aliphatic carbocycles. The van der Waals surface area contributed by atoms with E-state index in [0.29, 0.717) is 24.9 Å². The van der Waals surface area contributed by atoms with Gasteiger partial charge < -0.3 is 4.90 Å². The number of alkyl halides is 1. The van der Waals surface area contributed by atoms with E-state index in [1.54, 1.807) is 0 Å². The molecule has 2 nitrogen and oxygen atoms in total. The van der Waals surface area contributed by atoms with Crippen LogP contribution in [0.15, 0.2) is 24.3 Å². The van der Waals surface area contributed by atoms with Gasteiger partial charge in [-0.15, -0.1) is 11.6 Å². The highest BCUT2D eigenvalue weighted by Gasteiger charge is 2.25. The van der Waals surface area contributed by atoms with Crippen LogP contribution >= 0.6 is 11.6 Å². The number of aryl methyl sites for hydroxylation is 1. The Labute approximate surface area is 120 Å². The molecule has 1 aromatic carbocycles. The average Bonchev–Trinajstić information content (AvgIpc) is 2.92. The summed E-state index contributed by atoms with van der Waals surface area (Å²) in [7, 11) is 0. The molecule has 0 N–H and O–H groups in total. The molecule has 0 radical (unpaired) electrons. The molecule has 0 spiro atoms. The Balaban J connectivity index is 2.00. The van der Waals surface area contributed by atoms with Gasteiger partial charge in [-0.25, -0.2) is 0 Å². The molecular weight excluding hydrogens is 258 g/mol. The Morgan fingerprint density at radius 3 is 2.47 bits per heavy atom. The number of amides is 1. The standard InChI is InChI=1S/C16H22ClNO/c1-13-6-8-14(9-7-13)12-16(19)18(11-10-17)15-4-2-3-5-15/h6-9,15H,2-5,10-12H2,1H3. The molecule has 1 amide bonds. The van der Waals surface area contributed by atoms with Crippen molar-refractivity contribution < 1.29 is 4.79 Å². The van der Waals surface area contributed by atoms with E-state index in [4.69, 9.17) is 11.6 Å². The fourth-order valence-electron chi connectivity index (χ4n) is 2.80. The Morgan fingerprint density at radius 1 is 1.26 bits per heavy atom. The van der Waals surface area contributed by atoms with Crippen LogP contribution in [0.5, 0.6) is 0 Å². The van der Waals surface area contributed by atoms with Crippen molar-refractivity contribution >= 4 is 17.5 Å². The van der Waals surface area contributed by atoms with Crippen molar-refractivity contribution in [3.05, 3.63) is 35.4 Å². The first kappa shape index (κ1) is 14.4. The Hall–Kier alpha value is -1.02. The van der Waals surface area contributed by atoms with Crippen molar-refractivity contribution in [3.63, 3.8) is 0 Å². The van der Waals surface area contributed by atoms with Crippen LogP contribution in [0.25, 0.3) is 0 Å². The molecule has 0 heterocycles. The quantitative estimate of drug-likeness (QED) is 0.755. The molecular formula is C16H22ClNO. The Bertz CT molecular complexity index is 409. The molecule has 0 aromatic heterocycles. The Kier molecular flexibility index (Phi) is 5.26. The fourth-order valence-corrected chi connectivity index (χ4v) is 2.98. The lowest BCUT2D eigenvalue weighted by atomic mass is 10.1. The first-order valence-corrected chi connectivity index (χ1v) is 7.65. The largest absolute Gasteiger partial charge is 0.338 e. The van der Waals surface area contributed by atoms with Crippen LogP contribution in [0.2, 0.25) is 0 Å². The molecule has 0 saturated heterocycles. The van der Waals surface area contributed by atoms with Crippen molar-refractivity contribution in [1.29, 1.82) is 0 Å². The summed E-state index contributed by atoms with van der Waals surface area (Å²) in [5, 5.41) is 0. The van der Waals surface area contributed by atoms with Gasteiger partial charge >= 0.3 is 0 Å². The highest BCUT2D eigenvalue weighted by atomic mass is 35.5. The van der Waals surface area contributed by atoms with E-state index in [2.05, 4.69) is 19.1 Å². The molecule has 3 heteroatoms. The molecule has 1 saturated carbocycles. The van der Waals surface area contributed by atoms with E-state index < -0.39 is 0 Å². The van der Waals surface area contributed by atoms with Crippen molar-refractivity contribution in [2.24, 2.45) is 0 Å². The van der Waals surface area contributed by atoms with E-state index >= 15 is 0 Å². The lowest BCUT2D eigenvalue weighted by Gasteiger charge is -2.28. The van der Waals surface area contributed by atoms with E-state index in [9.17, 15) is 4.79 Å². The normalized spacial score (nSPS) is 15.7. The third-order valence-electron chi connectivity index (χ3n) is 3.89. The van der Waals surface area contributed by atoms with Gasteiger partial charge in [-0.2, -0.15) is 0 Å². The number of nitrogens with zero attached hydrogens (tertiary/aromatic N) is 1. The number of rotatable bonds is 5. The van der Waals surface area contributed by atoms with Crippen LogP contribution < -0.4 is 0 Å². The highest BCUT2D eigenvalue weighted by Crippen LogP contribution is 2.24. The minimum absolute atomic E-state index is 0.219. The SMILES string of the molecule is Cc1ccc(CC(=O)N(CCCl)C2CCCC2)cc1. The summed E-state index contributed by atoms with van der Waals surface area (Å²) in [6, 6.07) is 8.62. The van der Waals surface area contributed by atoms with Crippen LogP contribution in [-0.2, 0) is 11.2 Å². The predicted octanol–water partition coefficient (Wildman–Crippen LogP) is 3.55. The van der Waals surface area contributed by atoms with E-state index in [-0.39, 0.29) is 5.91 Å². The monoisotopic (exact) mass is 279 g/mol. The molecule has 1 aliphatic rings. The zero-order chi connectivity index (χ0) is 13.7. The average molecular weight is 280 g/mol. The summed E-state index contributed by atoms with van der Waals surface area (Å²) in [4.78, 5) is 14.4. The number of carbonyl (C=O) groups is 1. The maximum atomic E-state index is 12.4. The molecule has 19 heavy (non-hydrogen) atoms. The van der Waals surface area contributed by atoms with E-state index in [0.717, 1.165) is 18.4 Å². The van der Waals surface area contributed by atoms with E-state index in [1.165, 1.54) is 18.4 Å². The topological polar surface area (TPSA) is 20.3 Å². The van der Waals surface area contributed by atoms with Gasteiger partial charge in [-0.05, 0) is 25.3 Å². The zero-order valence-corrected chi connectivity index (χ0v) is 12.3. The van der Waals surface area contributed by atoms with Crippen molar-refractivity contribution in [1.82, 2.24) is 4.90 Å². The molecule has 1 aromatic rings. The predicted molar refractivity (Wildman–Crippen MR) is 79.6 cm³/mol. The minimum atomic E-state index is 0.219. The van der Waals surface area contributed by atoms with Crippen LogP contribution in [-0.4, -0.2) is 29.3 Å².